The van der Waals surface area contributed by atoms with Crippen molar-refractivity contribution >= 4 is 29.3 Å². The average Bonchev–Trinajstić information content (AvgIpc) is 2.42. The lowest BCUT2D eigenvalue weighted by Gasteiger charge is -2.31. The minimum Gasteiger partial charge on any atom is -0.481 e. The van der Waals surface area contributed by atoms with Gasteiger partial charge in [0.25, 0.3) is 0 Å². The Bertz CT molecular complexity index is 507. The molecule has 1 aliphatic rings. The predicted octanol–water partition coefficient (Wildman–Crippen LogP) is 4.14. The lowest BCUT2D eigenvalue weighted by atomic mass is 9.98. The zero-order valence-corrected chi connectivity index (χ0v) is 14.1. The van der Waals surface area contributed by atoms with Crippen molar-refractivity contribution in [2.45, 2.75) is 43.4 Å². The standard InChI is InChI=1S/C16H22ClNO2S/c1-11(2)21-15-7-3-6-14(17)13(15)10-18-8-4-5-12(9-18)16(19)20/h3,6-7,11-12H,4-5,8-10H2,1-2H3,(H,19,20). The molecule has 1 unspecified atom stereocenters. The van der Waals surface area contributed by atoms with E-state index < -0.39 is 5.97 Å². The lowest BCUT2D eigenvalue weighted by Crippen LogP contribution is -2.38. The normalized spacial score (nSPS) is 19.9. The van der Waals surface area contributed by atoms with Crippen LogP contribution in [0.25, 0.3) is 0 Å². The van der Waals surface area contributed by atoms with E-state index in [1.807, 2.05) is 23.9 Å². The monoisotopic (exact) mass is 327 g/mol. The largest absolute Gasteiger partial charge is 0.481 e. The number of carboxylic acids is 1. The molecule has 5 heteroatoms. The maximum atomic E-state index is 11.2. The highest BCUT2D eigenvalue weighted by atomic mass is 35.5. The Labute approximate surface area is 135 Å². The van der Waals surface area contributed by atoms with Crippen molar-refractivity contribution in [1.29, 1.82) is 0 Å². The summed E-state index contributed by atoms with van der Waals surface area (Å²) in [5.74, 6) is -0.932. The van der Waals surface area contributed by atoms with Gasteiger partial charge in [-0.3, -0.25) is 9.69 Å². The molecule has 2 rings (SSSR count). The molecule has 0 spiro atoms. The third-order valence-corrected chi connectivity index (χ3v) is 5.14. The second-order valence-corrected chi connectivity index (χ2v) is 7.82. The van der Waals surface area contributed by atoms with E-state index in [2.05, 4.69) is 24.8 Å². The van der Waals surface area contributed by atoms with Gasteiger partial charge >= 0.3 is 5.97 Å². The van der Waals surface area contributed by atoms with E-state index in [-0.39, 0.29) is 5.92 Å². The Kier molecular flexibility index (Phi) is 5.97. The summed E-state index contributed by atoms with van der Waals surface area (Å²) in [4.78, 5) is 14.6. The number of benzene rings is 1. The van der Waals surface area contributed by atoms with Gasteiger partial charge in [-0.05, 0) is 37.1 Å². The Balaban J connectivity index is 2.13. The van der Waals surface area contributed by atoms with E-state index in [1.54, 1.807) is 0 Å². The van der Waals surface area contributed by atoms with E-state index >= 15 is 0 Å². The lowest BCUT2D eigenvalue weighted by molar-refractivity contribution is -0.143. The molecule has 1 fully saturated rings. The first kappa shape index (κ1) is 16.7. The number of likely N-dealkylation sites (tertiary alicyclic amines) is 1. The van der Waals surface area contributed by atoms with Crippen LogP contribution in [-0.4, -0.2) is 34.3 Å². The maximum Gasteiger partial charge on any atom is 0.307 e. The molecule has 0 radical (unpaired) electrons. The highest BCUT2D eigenvalue weighted by molar-refractivity contribution is 8.00. The molecule has 1 aliphatic heterocycles. The zero-order valence-electron chi connectivity index (χ0n) is 12.5. The van der Waals surface area contributed by atoms with Crippen LogP contribution >= 0.6 is 23.4 Å². The summed E-state index contributed by atoms with van der Waals surface area (Å²) in [6.07, 6.45) is 1.72. The van der Waals surface area contributed by atoms with Gasteiger partial charge in [-0.15, -0.1) is 11.8 Å². The summed E-state index contributed by atoms with van der Waals surface area (Å²) in [7, 11) is 0. The Hall–Kier alpha value is -0.710. The molecule has 1 aromatic rings. The minimum atomic E-state index is -0.685. The number of hydrogen-bond acceptors (Lipinski definition) is 3. The van der Waals surface area contributed by atoms with Crippen LogP contribution in [0.15, 0.2) is 23.1 Å². The van der Waals surface area contributed by atoms with Gasteiger partial charge in [-0.2, -0.15) is 0 Å². The van der Waals surface area contributed by atoms with E-state index in [0.717, 1.165) is 36.5 Å². The van der Waals surface area contributed by atoms with Crippen LogP contribution in [0.5, 0.6) is 0 Å². The predicted molar refractivity (Wildman–Crippen MR) is 88.1 cm³/mol. The molecule has 21 heavy (non-hydrogen) atoms. The fraction of sp³-hybridized carbons (Fsp3) is 0.562. The summed E-state index contributed by atoms with van der Waals surface area (Å²) < 4.78 is 0. The van der Waals surface area contributed by atoms with Crippen LogP contribution in [0, 0.1) is 5.92 Å². The molecule has 0 amide bonds. The first-order chi connectivity index (χ1) is 9.97. The van der Waals surface area contributed by atoms with Gasteiger partial charge in [0, 0.05) is 28.3 Å². The van der Waals surface area contributed by atoms with Gasteiger partial charge in [0.05, 0.1) is 5.92 Å². The summed E-state index contributed by atoms with van der Waals surface area (Å²) >= 11 is 8.18. The Morgan fingerprint density at radius 2 is 2.29 bits per heavy atom. The molecule has 1 heterocycles. The summed E-state index contributed by atoms with van der Waals surface area (Å²) in [6, 6.07) is 6.00. The maximum absolute atomic E-state index is 11.2. The van der Waals surface area contributed by atoms with Crippen LogP contribution in [0.2, 0.25) is 5.02 Å². The van der Waals surface area contributed by atoms with E-state index in [4.69, 9.17) is 11.6 Å². The second kappa shape index (κ2) is 7.52. The molecule has 116 valence electrons. The van der Waals surface area contributed by atoms with Crippen LogP contribution in [0.3, 0.4) is 0 Å². The number of halogens is 1. The number of rotatable bonds is 5. The van der Waals surface area contributed by atoms with Crippen LogP contribution in [0.1, 0.15) is 32.3 Å². The van der Waals surface area contributed by atoms with Gasteiger partial charge in [-0.1, -0.05) is 31.5 Å². The van der Waals surface area contributed by atoms with Crippen molar-refractivity contribution in [3.63, 3.8) is 0 Å². The van der Waals surface area contributed by atoms with Crippen LogP contribution in [-0.2, 0) is 11.3 Å². The summed E-state index contributed by atoms with van der Waals surface area (Å²) in [6.45, 7) is 6.62. The molecule has 0 aromatic heterocycles. The van der Waals surface area contributed by atoms with Gasteiger partial charge < -0.3 is 5.11 Å². The SMILES string of the molecule is CC(C)Sc1cccc(Cl)c1CN1CCCC(C(=O)O)C1. The third kappa shape index (κ3) is 4.63. The number of carboxylic acid groups (broad SMARTS) is 1. The fourth-order valence-electron chi connectivity index (χ4n) is 2.68. The molecule has 0 bridgehead atoms. The van der Waals surface area contributed by atoms with Gasteiger partial charge in [0.2, 0.25) is 0 Å². The van der Waals surface area contributed by atoms with Crippen molar-refractivity contribution in [1.82, 2.24) is 4.90 Å². The van der Waals surface area contributed by atoms with Gasteiger partial charge in [0.1, 0.15) is 0 Å². The highest BCUT2D eigenvalue weighted by Gasteiger charge is 2.26. The molecule has 1 N–H and O–H groups in total. The van der Waals surface area contributed by atoms with Crippen molar-refractivity contribution in [2.75, 3.05) is 13.1 Å². The van der Waals surface area contributed by atoms with Gasteiger partial charge in [0.15, 0.2) is 0 Å². The Morgan fingerprint density at radius 1 is 1.52 bits per heavy atom. The Morgan fingerprint density at radius 3 is 2.95 bits per heavy atom. The smallest absolute Gasteiger partial charge is 0.307 e. The number of nitrogens with zero attached hydrogens (tertiary/aromatic N) is 1. The highest BCUT2D eigenvalue weighted by Crippen LogP contribution is 2.33. The number of aliphatic carboxylic acids is 1. The number of hydrogen-bond donors (Lipinski definition) is 1. The van der Waals surface area contributed by atoms with Crippen molar-refractivity contribution < 1.29 is 9.90 Å². The van der Waals surface area contributed by atoms with Gasteiger partial charge in [-0.25, -0.2) is 0 Å². The van der Waals surface area contributed by atoms with E-state index in [9.17, 15) is 9.90 Å². The zero-order chi connectivity index (χ0) is 15.4. The molecule has 0 aliphatic carbocycles. The first-order valence-electron chi connectivity index (χ1n) is 7.36. The summed E-state index contributed by atoms with van der Waals surface area (Å²) in [5.41, 5.74) is 1.13. The van der Waals surface area contributed by atoms with Crippen molar-refractivity contribution in [2.24, 2.45) is 5.92 Å². The van der Waals surface area contributed by atoms with E-state index in [1.165, 1.54) is 4.90 Å². The molecule has 1 saturated heterocycles. The first-order valence-corrected chi connectivity index (χ1v) is 8.62. The molecule has 0 saturated carbocycles. The fourth-order valence-corrected chi connectivity index (χ4v) is 3.95. The molecule has 1 aromatic carbocycles. The molecule has 3 nitrogen and oxygen atoms in total. The molecule has 1 atom stereocenters. The quantitative estimate of drug-likeness (QED) is 0.825. The molecular formula is C16H22ClNO2S. The second-order valence-electron chi connectivity index (χ2n) is 5.80. The van der Waals surface area contributed by atoms with Crippen molar-refractivity contribution in [3.8, 4) is 0 Å². The van der Waals surface area contributed by atoms with E-state index in [0.29, 0.717) is 11.8 Å². The number of thioether (sulfide) groups is 1. The van der Waals surface area contributed by atoms with Crippen molar-refractivity contribution in [3.05, 3.63) is 28.8 Å². The molecular weight excluding hydrogens is 306 g/mol. The number of piperidine rings is 1. The topological polar surface area (TPSA) is 40.5 Å². The number of carbonyl (C=O) groups is 1. The average molecular weight is 328 g/mol. The van der Waals surface area contributed by atoms with Crippen LogP contribution < -0.4 is 0 Å². The third-order valence-electron chi connectivity index (χ3n) is 3.68. The van der Waals surface area contributed by atoms with Crippen LogP contribution in [0.4, 0.5) is 0 Å². The minimum absolute atomic E-state index is 0.248. The summed E-state index contributed by atoms with van der Waals surface area (Å²) in [5, 5.41) is 10.5.